The van der Waals surface area contributed by atoms with Crippen molar-refractivity contribution in [1.29, 1.82) is 0 Å². The Morgan fingerprint density at radius 2 is 1.42 bits per heavy atom. The average molecular weight is 427 g/mol. The van der Waals surface area contributed by atoms with Gasteiger partial charge in [0.15, 0.2) is 5.54 Å². The maximum absolute atomic E-state index is 13.6. The van der Waals surface area contributed by atoms with E-state index >= 15 is 0 Å². The van der Waals surface area contributed by atoms with E-state index in [-0.39, 0.29) is 0 Å². The van der Waals surface area contributed by atoms with Crippen LogP contribution in [0.4, 0.5) is 4.79 Å². The minimum Gasteiger partial charge on any atom is -0.314 e. The van der Waals surface area contributed by atoms with Gasteiger partial charge in [-0.1, -0.05) is 78.9 Å². The Morgan fingerprint density at radius 1 is 0.839 bits per heavy atom. The summed E-state index contributed by atoms with van der Waals surface area (Å²) in [5, 5.41) is 4.51. The number of amides is 4. The molecule has 0 unspecified atom stereocenters. The topological polar surface area (TPSA) is 78.5 Å². The van der Waals surface area contributed by atoms with Crippen LogP contribution in [-0.2, 0) is 10.3 Å². The first kappa shape index (κ1) is 19.0. The molecule has 3 aromatic carbocycles. The second-order valence-electron chi connectivity index (χ2n) is 7.14. The number of thiophene rings is 1. The minimum absolute atomic E-state index is 0.415. The third kappa shape index (κ3) is 3.06. The third-order valence-electron chi connectivity index (χ3n) is 5.30. The van der Waals surface area contributed by atoms with Crippen molar-refractivity contribution < 1.29 is 14.4 Å². The summed E-state index contributed by atoms with van der Waals surface area (Å²) >= 11 is 1.30. The van der Waals surface area contributed by atoms with Crippen molar-refractivity contribution in [1.82, 2.24) is 15.8 Å². The van der Waals surface area contributed by atoms with E-state index < -0.39 is 23.4 Å². The summed E-state index contributed by atoms with van der Waals surface area (Å²) in [7, 11) is 0. The van der Waals surface area contributed by atoms with Gasteiger partial charge in [0.2, 0.25) is 0 Å². The van der Waals surface area contributed by atoms with Crippen molar-refractivity contribution >= 4 is 39.3 Å². The van der Waals surface area contributed by atoms with E-state index in [0.717, 1.165) is 15.1 Å². The number of benzene rings is 3. The molecule has 0 radical (unpaired) electrons. The van der Waals surface area contributed by atoms with Crippen LogP contribution in [0.5, 0.6) is 0 Å². The maximum atomic E-state index is 13.6. The number of nitrogens with one attached hydrogen (secondary N) is 2. The smallest absolute Gasteiger partial charge is 0.314 e. The van der Waals surface area contributed by atoms with Gasteiger partial charge in [-0.15, -0.1) is 11.3 Å². The highest BCUT2D eigenvalue weighted by Gasteiger charge is 2.54. The van der Waals surface area contributed by atoms with Gasteiger partial charge in [-0.25, -0.2) is 4.79 Å². The van der Waals surface area contributed by atoms with E-state index in [0.29, 0.717) is 16.0 Å². The van der Waals surface area contributed by atoms with Gasteiger partial charge in [-0.2, -0.15) is 5.01 Å². The molecular weight excluding hydrogens is 410 g/mol. The predicted octanol–water partition coefficient (Wildman–Crippen LogP) is 4.04. The number of hydrogen-bond donors (Lipinski definition) is 2. The maximum Gasteiger partial charge on any atom is 0.344 e. The Morgan fingerprint density at radius 3 is 2.03 bits per heavy atom. The van der Waals surface area contributed by atoms with Crippen LogP contribution in [0, 0.1) is 0 Å². The molecule has 0 saturated carbocycles. The van der Waals surface area contributed by atoms with Crippen LogP contribution >= 0.6 is 11.3 Å². The highest BCUT2D eigenvalue weighted by Crippen LogP contribution is 2.35. The van der Waals surface area contributed by atoms with Gasteiger partial charge < -0.3 is 5.32 Å². The zero-order valence-corrected chi connectivity index (χ0v) is 17.1. The normalized spacial score (nSPS) is 15.2. The number of carbonyl (C=O) groups is 3. The van der Waals surface area contributed by atoms with Crippen molar-refractivity contribution in [3.63, 3.8) is 0 Å². The third-order valence-corrected chi connectivity index (χ3v) is 6.41. The van der Waals surface area contributed by atoms with E-state index in [1.54, 1.807) is 54.6 Å². The van der Waals surface area contributed by atoms with E-state index in [4.69, 9.17) is 0 Å². The largest absolute Gasteiger partial charge is 0.344 e. The highest BCUT2D eigenvalue weighted by molar-refractivity contribution is 7.20. The van der Waals surface area contributed by atoms with E-state index in [9.17, 15) is 14.4 Å². The summed E-state index contributed by atoms with van der Waals surface area (Å²) in [4.78, 5) is 39.8. The molecule has 1 fully saturated rings. The Hall–Kier alpha value is -3.97. The van der Waals surface area contributed by atoms with Crippen LogP contribution in [0.15, 0.2) is 91.0 Å². The number of hydrazine groups is 1. The predicted molar refractivity (Wildman–Crippen MR) is 118 cm³/mol. The molecule has 2 N–H and O–H groups in total. The van der Waals surface area contributed by atoms with Crippen LogP contribution < -0.4 is 10.7 Å². The van der Waals surface area contributed by atoms with Crippen LogP contribution in [0.3, 0.4) is 0 Å². The summed E-state index contributed by atoms with van der Waals surface area (Å²) in [6.45, 7) is 0. The van der Waals surface area contributed by atoms with Gasteiger partial charge in [0.25, 0.3) is 11.8 Å². The molecule has 1 aliphatic heterocycles. The molecule has 4 amide bonds. The molecular formula is C24H17N3O3S. The molecule has 6 nitrogen and oxygen atoms in total. The number of rotatable bonds is 4. The Kier molecular flexibility index (Phi) is 4.52. The van der Waals surface area contributed by atoms with Crippen LogP contribution in [0.25, 0.3) is 10.1 Å². The summed E-state index contributed by atoms with van der Waals surface area (Å²) in [6, 6.07) is 26.7. The molecule has 0 bridgehead atoms. The van der Waals surface area contributed by atoms with Crippen LogP contribution in [-0.4, -0.2) is 22.9 Å². The fourth-order valence-corrected chi connectivity index (χ4v) is 4.77. The molecule has 31 heavy (non-hydrogen) atoms. The lowest BCUT2D eigenvalue weighted by molar-refractivity contribution is -0.131. The Balaban J connectivity index is 1.52. The zero-order valence-electron chi connectivity index (χ0n) is 16.2. The molecule has 5 rings (SSSR count). The molecule has 0 atom stereocenters. The zero-order chi connectivity index (χ0) is 21.4. The lowest BCUT2D eigenvalue weighted by Gasteiger charge is -2.27. The van der Waals surface area contributed by atoms with Gasteiger partial charge in [0, 0.05) is 4.70 Å². The Bertz CT molecular complexity index is 1230. The molecule has 0 aliphatic carbocycles. The number of carbonyl (C=O) groups excluding carboxylic acids is 3. The minimum atomic E-state index is -1.42. The van der Waals surface area contributed by atoms with E-state index in [1.165, 1.54) is 11.3 Å². The number of imide groups is 1. The molecule has 152 valence electrons. The monoisotopic (exact) mass is 427 g/mol. The second kappa shape index (κ2) is 7.37. The van der Waals surface area contributed by atoms with E-state index in [2.05, 4.69) is 10.7 Å². The standard InChI is InChI=1S/C24H17N3O3S/c28-21(20-15-16-9-7-8-14-19(16)31-20)26-27-22(29)24(25-23(27)30,17-10-3-1-4-11-17)18-12-5-2-6-13-18/h1-15H,(H,25,30)(H,26,28). The van der Waals surface area contributed by atoms with Gasteiger partial charge in [-0.3, -0.25) is 15.0 Å². The first-order valence-corrected chi connectivity index (χ1v) is 10.5. The fourth-order valence-electron chi connectivity index (χ4n) is 3.82. The van der Waals surface area contributed by atoms with Crippen LogP contribution in [0.2, 0.25) is 0 Å². The van der Waals surface area contributed by atoms with Gasteiger partial charge in [-0.05, 0) is 28.6 Å². The van der Waals surface area contributed by atoms with Crippen molar-refractivity contribution in [3.8, 4) is 0 Å². The van der Waals surface area contributed by atoms with Crippen molar-refractivity contribution in [3.05, 3.63) is 107 Å². The Labute approximate surface area is 182 Å². The lowest BCUT2D eigenvalue weighted by Crippen LogP contribution is -2.49. The molecule has 1 saturated heterocycles. The number of nitrogens with zero attached hydrogens (tertiary/aromatic N) is 1. The molecule has 1 aromatic heterocycles. The molecule has 4 aromatic rings. The quantitative estimate of drug-likeness (QED) is 0.483. The number of hydrogen-bond acceptors (Lipinski definition) is 4. The highest BCUT2D eigenvalue weighted by atomic mass is 32.1. The summed E-state index contributed by atoms with van der Waals surface area (Å²) in [5.74, 6) is -1.08. The second-order valence-corrected chi connectivity index (χ2v) is 8.23. The van der Waals surface area contributed by atoms with Gasteiger partial charge >= 0.3 is 6.03 Å². The molecule has 0 spiro atoms. The van der Waals surface area contributed by atoms with Crippen LogP contribution in [0.1, 0.15) is 20.8 Å². The first-order chi connectivity index (χ1) is 15.1. The van der Waals surface area contributed by atoms with Crippen molar-refractivity contribution in [2.45, 2.75) is 5.54 Å². The van der Waals surface area contributed by atoms with Crippen molar-refractivity contribution in [2.75, 3.05) is 0 Å². The fraction of sp³-hybridized carbons (Fsp3) is 0.0417. The van der Waals surface area contributed by atoms with E-state index in [1.807, 2.05) is 36.4 Å². The SMILES string of the molecule is O=C(NN1C(=O)NC(c2ccccc2)(c2ccccc2)C1=O)c1cc2ccccc2s1. The molecule has 7 heteroatoms. The average Bonchev–Trinajstić information content (AvgIpc) is 3.35. The summed E-state index contributed by atoms with van der Waals surface area (Å²) < 4.78 is 0.952. The molecule has 1 aliphatic rings. The molecule has 2 heterocycles. The van der Waals surface area contributed by atoms with Gasteiger partial charge in [0.1, 0.15) is 0 Å². The van der Waals surface area contributed by atoms with Gasteiger partial charge in [0.05, 0.1) is 4.88 Å². The summed E-state index contributed by atoms with van der Waals surface area (Å²) in [6.07, 6.45) is 0. The van der Waals surface area contributed by atoms with Crippen molar-refractivity contribution in [2.24, 2.45) is 0 Å². The number of urea groups is 1. The summed E-state index contributed by atoms with van der Waals surface area (Å²) in [5.41, 5.74) is 2.29. The lowest BCUT2D eigenvalue weighted by atomic mass is 9.83. The number of fused-ring (bicyclic) bond motifs is 1. The first-order valence-electron chi connectivity index (χ1n) is 9.67.